The Hall–Kier alpha value is -5.42. The summed E-state index contributed by atoms with van der Waals surface area (Å²) in [5.74, 6) is 3.34. The average molecular weight is 956 g/mol. The first-order valence-electron chi connectivity index (χ1n) is 22.2. The Balaban J connectivity index is 0.934. The van der Waals surface area contributed by atoms with Crippen LogP contribution in [0.4, 0.5) is 0 Å². The topological polar surface area (TPSA) is 128 Å². The van der Waals surface area contributed by atoms with E-state index in [0.717, 1.165) is 56.2 Å². The Morgan fingerprint density at radius 1 is 0.815 bits per heavy atom. The van der Waals surface area contributed by atoms with Crippen LogP contribution in [-0.4, -0.2) is 58.3 Å². The third kappa shape index (κ3) is 11.9. The summed E-state index contributed by atoms with van der Waals surface area (Å²) in [6.45, 7) is 13.5. The quantitative estimate of drug-likeness (QED) is 0.0476. The van der Waals surface area contributed by atoms with Gasteiger partial charge in [0.05, 0.1) is 12.6 Å². The van der Waals surface area contributed by atoms with Crippen LogP contribution in [0.3, 0.4) is 0 Å². The van der Waals surface area contributed by atoms with Crippen molar-refractivity contribution in [3.63, 3.8) is 0 Å². The maximum absolute atomic E-state index is 12.7. The average Bonchev–Trinajstić information content (AvgIpc) is 3.78. The van der Waals surface area contributed by atoms with Crippen molar-refractivity contribution in [3.05, 3.63) is 189 Å². The predicted molar refractivity (Wildman–Crippen MR) is 263 cm³/mol. The second-order valence-electron chi connectivity index (χ2n) is 18.1. The van der Waals surface area contributed by atoms with E-state index in [9.17, 15) is 9.90 Å². The molecule has 0 spiro atoms. The Labute approximate surface area is 388 Å². The number of aromatic nitrogens is 2. The summed E-state index contributed by atoms with van der Waals surface area (Å²) < 4.78 is 31.2. The van der Waals surface area contributed by atoms with Gasteiger partial charge in [-0.05, 0) is 53.5 Å². The summed E-state index contributed by atoms with van der Waals surface area (Å²) >= 11 is -1.27. The van der Waals surface area contributed by atoms with Crippen LogP contribution in [0.25, 0.3) is 10.9 Å². The van der Waals surface area contributed by atoms with Gasteiger partial charge in [0.25, 0.3) is 0 Å². The number of aromatic amines is 1. The number of hydrogen-bond donors (Lipinski definition) is 3. The van der Waals surface area contributed by atoms with E-state index < -0.39 is 28.6 Å². The van der Waals surface area contributed by atoms with Crippen LogP contribution in [0.5, 0.6) is 17.2 Å². The molecule has 340 valence electrons. The van der Waals surface area contributed by atoms with E-state index in [-0.39, 0.29) is 16.7 Å². The molecule has 7 rings (SSSR count). The number of oxazole rings is 1. The summed E-state index contributed by atoms with van der Waals surface area (Å²) in [4.78, 5) is 20.3. The van der Waals surface area contributed by atoms with E-state index in [2.05, 4.69) is 73.1 Å². The maximum Gasteiger partial charge on any atom is 0.248 e. The van der Waals surface area contributed by atoms with Crippen molar-refractivity contribution in [2.45, 2.75) is 86.3 Å². The SMILES string of the molecule is COc1ccc(COc2ccc([C@H](CNCc3ccc(OCCC[As](C)Cc4cnc(C(O)(c5ccccc5)c5ccccc5)o4)cc3)O[Si](C)(C)C(C)(C)C)c3ccc(=O)[nH]c23)cc1. The Morgan fingerprint density at radius 2 is 1.46 bits per heavy atom. The number of benzene rings is 5. The monoisotopic (exact) mass is 955 g/mol. The zero-order valence-electron chi connectivity index (χ0n) is 38.6. The van der Waals surface area contributed by atoms with Gasteiger partial charge in [0.15, 0.2) is 8.32 Å². The molecule has 65 heavy (non-hydrogen) atoms. The molecule has 3 N–H and O–H groups in total. The van der Waals surface area contributed by atoms with E-state index in [1.165, 1.54) is 0 Å². The number of fused-ring (bicyclic) bond motifs is 1. The van der Waals surface area contributed by atoms with Crippen LogP contribution in [-0.2, 0) is 28.4 Å². The number of methoxy groups -OCH3 is 1. The molecular formula is C53H62AsN3O7Si. The first-order valence-corrected chi connectivity index (χ1v) is 29.7. The fraction of sp³-hybridized carbons (Fsp3) is 0.321. The van der Waals surface area contributed by atoms with Crippen molar-refractivity contribution in [2.75, 3.05) is 20.3 Å². The van der Waals surface area contributed by atoms with Gasteiger partial charge >= 0.3 is 218 Å². The fourth-order valence-corrected chi connectivity index (χ4v) is 12.0. The van der Waals surface area contributed by atoms with Crippen molar-refractivity contribution >= 4 is 33.9 Å². The molecule has 2 atom stereocenters. The van der Waals surface area contributed by atoms with Gasteiger partial charge in [-0.15, -0.1) is 0 Å². The summed E-state index contributed by atoms with van der Waals surface area (Å²) in [6.07, 6.45) is 2.45. The molecule has 7 aromatic rings. The number of hydrogen-bond acceptors (Lipinski definition) is 9. The van der Waals surface area contributed by atoms with Gasteiger partial charge in [-0.3, -0.25) is 4.79 Å². The minimum Gasteiger partial charge on any atom is -0.409 e. The molecular weight excluding hydrogens is 894 g/mol. The van der Waals surface area contributed by atoms with Gasteiger partial charge in [0.2, 0.25) is 5.56 Å². The molecule has 0 aliphatic rings. The third-order valence-corrected chi connectivity index (χ3v) is 20.8. The zero-order chi connectivity index (χ0) is 46.0. The van der Waals surface area contributed by atoms with Gasteiger partial charge in [-0.1, -0.05) is 39.0 Å². The number of ether oxygens (including phenoxy) is 3. The molecule has 0 aliphatic carbocycles. The van der Waals surface area contributed by atoms with Gasteiger partial charge in [-0.2, -0.15) is 0 Å². The first kappa shape index (κ1) is 47.5. The molecule has 5 aromatic carbocycles. The Morgan fingerprint density at radius 3 is 2.11 bits per heavy atom. The molecule has 0 radical (unpaired) electrons. The fourth-order valence-electron chi connectivity index (χ4n) is 7.52. The Kier molecular flexibility index (Phi) is 15.5. The molecule has 0 fully saturated rings. The van der Waals surface area contributed by atoms with Crippen molar-refractivity contribution in [1.82, 2.24) is 15.3 Å². The molecule has 12 heteroatoms. The van der Waals surface area contributed by atoms with Crippen molar-refractivity contribution in [1.29, 1.82) is 0 Å². The number of aliphatic hydroxyl groups is 1. The summed E-state index contributed by atoms with van der Waals surface area (Å²) in [7, 11) is -0.578. The van der Waals surface area contributed by atoms with Crippen molar-refractivity contribution in [2.24, 2.45) is 0 Å². The molecule has 2 aromatic heterocycles. The molecule has 0 amide bonds. The van der Waals surface area contributed by atoms with Gasteiger partial charge in [0.1, 0.15) is 18.1 Å². The number of nitrogens with one attached hydrogen (secondary N) is 2. The van der Waals surface area contributed by atoms with Gasteiger partial charge in [-0.25, -0.2) is 0 Å². The number of rotatable bonds is 21. The number of H-pyrrole nitrogens is 1. The summed E-state index contributed by atoms with van der Waals surface area (Å²) in [6, 6.07) is 42.6. The molecule has 2 heterocycles. The van der Waals surface area contributed by atoms with E-state index in [0.29, 0.717) is 54.6 Å². The number of nitrogens with zero attached hydrogens (tertiary/aromatic N) is 1. The van der Waals surface area contributed by atoms with Crippen molar-refractivity contribution in [3.8, 4) is 17.2 Å². The zero-order valence-corrected chi connectivity index (χ0v) is 41.5. The smallest absolute Gasteiger partial charge is 0.248 e. The maximum atomic E-state index is 12.7. The molecule has 0 aliphatic heterocycles. The third-order valence-electron chi connectivity index (χ3n) is 12.2. The van der Waals surface area contributed by atoms with Crippen LogP contribution in [0, 0.1) is 0 Å². The van der Waals surface area contributed by atoms with Gasteiger partial charge < -0.3 is 18.9 Å². The van der Waals surface area contributed by atoms with E-state index >= 15 is 0 Å². The van der Waals surface area contributed by atoms with Crippen LogP contribution < -0.4 is 25.1 Å². The first-order chi connectivity index (χ1) is 31.2. The second-order valence-corrected chi connectivity index (χ2v) is 28.0. The van der Waals surface area contributed by atoms with E-state index in [4.69, 9.17) is 23.1 Å². The largest absolute Gasteiger partial charge is 0.409 e. The van der Waals surface area contributed by atoms with Crippen LogP contribution in [0.1, 0.15) is 72.8 Å². The van der Waals surface area contributed by atoms with Gasteiger partial charge in [0, 0.05) is 11.5 Å². The summed E-state index contributed by atoms with van der Waals surface area (Å²) in [5.41, 5.74) is 5.89. The number of pyridine rings is 1. The minimum atomic E-state index is -2.22. The summed E-state index contributed by atoms with van der Waals surface area (Å²) in [5, 5.41) is 18.6. The second kappa shape index (κ2) is 21.3. The molecule has 0 saturated heterocycles. The molecule has 0 bridgehead atoms. The van der Waals surface area contributed by atoms with E-state index in [1.807, 2.05) is 109 Å². The van der Waals surface area contributed by atoms with E-state index in [1.54, 1.807) is 19.4 Å². The molecule has 0 saturated carbocycles. The van der Waals surface area contributed by atoms with Crippen LogP contribution in [0.15, 0.2) is 149 Å². The van der Waals surface area contributed by atoms with Crippen LogP contribution in [0.2, 0.25) is 29.1 Å². The predicted octanol–water partition coefficient (Wildman–Crippen LogP) is 10.9. The molecule has 10 nitrogen and oxygen atoms in total. The standard InChI is InChI=1S/C53H62AsN3O7Si/c1-52(2,3)65(6,7)64-48(45-27-29-47(50-46(45)28-30-49(58)57-50)62-37-39-21-23-42(60-5)24-22-39)36-55-34-38-19-25-43(26-20-38)61-32-14-31-54(4)33-44-35-56-51(63-44)53(59,40-15-10-8-11-16-40)41-17-12-9-13-18-41/h8-13,15-30,35,48,55,59H,14,31-34,36-37H2,1-7H3,(H,57,58)/t48-,54?/m0/s1. The minimum absolute atomic E-state index is 0.00627. The normalized spacial score (nSPS) is 13.1. The van der Waals surface area contributed by atoms with Crippen LogP contribution >= 0.6 is 0 Å². The Bertz CT molecular complexity index is 2610. The molecule has 1 unspecified atom stereocenters. The van der Waals surface area contributed by atoms with Crippen molar-refractivity contribution < 1.29 is 28.2 Å².